The van der Waals surface area contributed by atoms with E-state index in [-0.39, 0.29) is 23.9 Å². The molecule has 2 aromatic heterocycles. The molecule has 10 heteroatoms. The van der Waals surface area contributed by atoms with Crippen LogP contribution in [-0.4, -0.2) is 35.9 Å². The minimum absolute atomic E-state index is 0.0172. The first-order valence-corrected chi connectivity index (χ1v) is 7.63. The number of aromatic nitrogens is 5. The van der Waals surface area contributed by atoms with Gasteiger partial charge >= 0.3 is 6.09 Å². The van der Waals surface area contributed by atoms with Crippen molar-refractivity contribution in [2.75, 3.05) is 5.32 Å². The number of aryl methyl sites for hydroxylation is 2. The molecule has 3 aromatic rings. The number of carboxylic acid groups (broad SMARTS) is 1. The van der Waals surface area contributed by atoms with Gasteiger partial charge in [0.25, 0.3) is 0 Å². The van der Waals surface area contributed by atoms with Crippen LogP contribution in [0.3, 0.4) is 0 Å². The average Bonchev–Trinajstić information content (AvgIpc) is 3.00. The molecule has 0 radical (unpaired) electrons. The first kappa shape index (κ1) is 17.3. The Kier molecular flexibility index (Phi) is 4.74. The molecular formula is C16H16FN7O2. The van der Waals surface area contributed by atoms with Crippen LogP contribution in [0.2, 0.25) is 0 Å². The van der Waals surface area contributed by atoms with E-state index in [9.17, 15) is 9.18 Å². The Bertz CT molecular complexity index is 958. The monoisotopic (exact) mass is 357 g/mol. The lowest BCUT2D eigenvalue weighted by molar-refractivity contribution is 0.194. The Hall–Kier alpha value is -3.56. The van der Waals surface area contributed by atoms with Crippen molar-refractivity contribution in [3.8, 4) is 11.4 Å². The van der Waals surface area contributed by atoms with Gasteiger partial charge in [-0.2, -0.15) is 10.1 Å². The van der Waals surface area contributed by atoms with Crippen molar-refractivity contribution in [2.24, 2.45) is 7.05 Å². The van der Waals surface area contributed by atoms with E-state index in [0.717, 1.165) is 5.56 Å². The molecular weight excluding hydrogens is 341 g/mol. The Morgan fingerprint density at radius 3 is 2.85 bits per heavy atom. The Balaban J connectivity index is 1.87. The fourth-order valence-electron chi connectivity index (χ4n) is 2.36. The highest BCUT2D eigenvalue weighted by molar-refractivity contribution is 5.65. The number of hydrogen-bond donors (Lipinski definition) is 3. The lowest BCUT2D eigenvalue weighted by Gasteiger charge is -2.10. The van der Waals surface area contributed by atoms with Crippen molar-refractivity contribution in [2.45, 2.75) is 13.5 Å². The van der Waals surface area contributed by atoms with E-state index < -0.39 is 11.9 Å². The highest BCUT2D eigenvalue weighted by atomic mass is 19.1. The molecule has 26 heavy (non-hydrogen) atoms. The first-order chi connectivity index (χ1) is 12.4. The molecule has 3 rings (SSSR count). The summed E-state index contributed by atoms with van der Waals surface area (Å²) in [5, 5.41) is 17.9. The third-order valence-corrected chi connectivity index (χ3v) is 3.63. The van der Waals surface area contributed by atoms with Crippen molar-refractivity contribution in [3.63, 3.8) is 0 Å². The molecule has 0 saturated carbocycles. The highest BCUT2D eigenvalue weighted by Crippen LogP contribution is 2.24. The zero-order valence-electron chi connectivity index (χ0n) is 14.1. The van der Waals surface area contributed by atoms with Crippen LogP contribution in [0.4, 0.5) is 20.8 Å². The summed E-state index contributed by atoms with van der Waals surface area (Å²) in [5.74, 6) is -0.113. The maximum absolute atomic E-state index is 14.5. The number of halogens is 1. The maximum Gasteiger partial charge on any atom is 0.404 e. The van der Waals surface area contributed by atoms with Crippen molar-refractivity contribution < 1.29 is 14.3 Å². The van der Waals surface area contributed by atoms with E-state index in [4.69, 9.17) is 5.11 Å². The summed E-state index contributed by atoms with van der Waals surface area (Å²) < 4.78 is 16.1. The number of benzene rings is 1. The summed E-state index contributed by atoms with van der Waals surface area (Å²) in [7, 11) is 1.78. The molecule has 0 aliphatic rings. The highest BCUT2D eigenvalue weighted by Gasteiger charge is 2.13. The number of nitrogens with one attached hydrogen (secondary N) is 2. The van der Waals surface area contributed by atoms with Crippen LogP contribution in [-0.2, 0) is 13.6 Å². The third-order valence-electron chi connectivity index (χ3n) is 3.63. The van der Waals surface area contributed by atoms with Gasteiger partial charge in [0.15, 0.2) is 5.82 Å². The minimum Gasteiger partial charge on any atom is -0.465 e. The Morgan fingerprint density at radius 2 is 2.15 bits per heavy atom. The Morgan fingerprint density at radius 1 is 1.35 bits per heavy atom. The Labute approximate surface area is 147 Å². The van der Waals surface area contributed by atoms with Crippen LogP contribution < -0.4 is 10.6 Å². The first-order valence-electron chi connectivity index (χ1n) is 7.63. The second-order valence-electron chi connectivity index (χ2n) is 5.58. The lowest BCUT2D eigenvalue weighted by Crippen LogP contribution is -2.20. The number of carbonyl (C=O) groups is 1. The SMILES string of the molecule is Cc1cc(-c2ncnc(Nc3cnn(C)c3)n2)c(F)cc1CNC(=O)O. The molecule has 1 amide bonds. The van der Waals surface area contributed by atoms with Gasteiger partial charge in [-0.1, -0.05) is 0 Å². The molecule has 0 fully saturated rings. The molecule has 1 aromatic carbocycles. The van der Waals surface area contributed by atoms with Crippen molar-refractivity contribution >= 4 is 17.7 Å². The van der Waals surface area contributed by atoms with Gasteiger partial charge in [-0.3, -0.25) is 4.68 Å². The van der Waals surface area contributed by atoms with Gasteiger partial charge in [0, 0.05) is 19.8 Å². The predicted molar refractivity (Wildman–Crippen MR) is 91.3 cm³/mol. The lowest BCUT2D eigenvalue weighted by atomic mass is 10.0. The molecule has 134 valence electrons. The van der Waals surface area contributed by atoms with Gasteiger partial charge in [0.2, 0.25) is 5.95 Å². The fraction of sp³-hybridized carbons (Fsp3) is 0.188. The molecule has 0 aliphatic carbocycles. The van der Waals surface area contributed by atoms with Gasteiger partial charge in [-0.15, -0.1) is 0 Å². The summed E-state index contributed by atoms with van der Waals surface area (Å²) in [6.07, 6.45) is 3.48. The quantitative estimate of drug-likeness (QED) is 0.641. The van der Waals surface area contributed by atoms with E-state index in [1.807, 2.05) is 0 Å². The molecule has 0 saturated heterocycles. The second-order valence-corrected chi connectivity index (χ2v) is 5.58. The summed E-state index contributed by atoms with van der Waals surface area (Å²) in [4.78, 5) is 22.9. The third kappa shape index (κ3) is 3.91. The molecule has 3 N–H and O–H groups in total. The summed E-state index contributed by atoms with van der Waals surface area (Å²) in [6.45, 7) is 1.78. The van der Waals surface area contributed by atoms with E-state index in [0.29, 0.717) is 11.3 Å². The van der Waals surface area contributed by atoms with Crippen LogP contribution in [0.1, 0.15) is 11.1 Å². The summed E-state index contributed by atoms with van der Waals surface area (Å²) in [5.41, 5.74) is 2.16. The van der Waals surface area contributed by atoms with Crippen LogP contribution in [0.25, 0.3) is 11.4 Å². The zero-order chi connectivity index (χ0) is 18.7. The molecule has 0 spiro atoms. The average molecular weight is 357 g/mol. The second kappa shape index (κ2) is 7.13. The van der Waals surface area contributed by atoms with Gasteiger partial charge in [0.05, 0.1) is 17.4 Å². The van der Waals surface area contributed by atoms with Gasteiger partial charge in [-0.05, 0) is 30.2 Å². The molecule has 0 unspecified atom stereocenters. The largest absolute Gasteiger partial charge is 0.465 e. The van der Waals surface area contributed by atoms with E-state index in [1.54, 1.807) is 37.1 Å². The van der Waals surface area contributed by atoms with Crippen LogP contribution in [0.15, 0.2) is 30.9 Å². The number of hydrogen-bond acceptors (Lipinski definition) is 6. The molecule has 0 bridgehead atoms. The van der Waals surface area contributed by atoms with Crippen molar-refractivity contribution in [3.05, 3.63) is 47.8 Å². The van der Waals surface area contributed by atoms with Crippen LogP contribution in [0.5, 0.6) is 0 Å². The maximum atomic E-state index is 14.5. The van der Waals surface area contributed by atoms with Crippen molar-refractivity contribution in [1.82, 2.24) is 30.0 Å². The number of amides is 1. The normalized spacial score (nSPS) is 10.6. The molecule has 2 heterocycles. The van der Waals surface area contributed by atoms with Crippen LogP contribution in [0, 0.1) is 12.7 Å². The standard InChI is InChI=1S/C16H16FN7O2/c1-9-3-12(13(17)4-10(9)5-18-16(25)26)14-19-8-20-15(23-14)22-11-6-21-24(2)7-11/h3-4,6-8,18H,5H2,1-2H3,(H,25,26)(H,19,20,22,23). The van der Waals surface area contributed by atoms with Crippen LogP contribution >= 0.6 is 0 Å². The van der Waals surface area contributed by atoms with Crippen molar-refractivity contribution in [1.29, 1.82) is 0 Å². The van der Waals surface area contributed by atoms with Gasteiger partial charge in [0.1, 0.15) is 12.1 Å². The van der Waals surface area contributed by atoms with E-state index in [2.05, 4.69) is 30.7 Å². The smallest absolute Gasteiger partial charge is 0.404 e. The zero-order valence-corrected chi connectivity index (χ0v) is 14.1. The number of rotatable bonds is 5. The molecule has 0 atom stereocenters. The number of nitrogens with zero attached hydrogens (tertiary/aromatic N) is 5. The summed E-state index contributed by atoms with van der Waals surface area (Å²) >= 11 is 0. The number of anilines is 2. The van der Waals surface area contributed by atoms with Gasteiger partial charge in [-0.25, -0.2) is 19.2 Å². The van der Waals surface area contributed by atoms with E-state index >= 15 is 0 Å². The predicted octanol–water partition coefficient (Wildman–Crippen LogP) is 2.23. The summed E-state index contributed by atoms with van der Waals surface area (Å²) in [6, 6.07) is 2.86. The van der Waals surface area contributed by atoms with Gasteiger partial charge < -0.3 is 15.7 Å². The topological polar surface area (TPSA) is 118 Å². The molecule has 9 nitrogen and oxygen atoms in total. The van der Waals surface area contributed by atoms with E-state index in [1.165, 1.54) is 12.4 Å². The minimum atomic E-state index is -1.17. The molecule has 0 aliphatic heterocycles. The fourth-order valence-corrected chi connectivity index (χ4v) is 2.36.